The summed E-state index contributed by atoms with van der Waals surface area (Å²) >= 11 is 11.9. The Morgan fingerprint density at radius 1 is 1.00 bits per heavy atom. The van der Waals surface area contributed by atoms with Crippen LogP contribution in [-0.2, 0) is 0 Å². The van der Waals surface area contributed by atoms with E-state index in [1.807, 2.05) is 0 Å². The molecule has 0 aliphatic carbocycles. The number of para-hydroxylation sites is 1. The SMILES string of the molecule is O=C(Nc1c(F)cccc1F)c1cncc(Nc2ccc(Cl)cc2Cl)c1. The topological polar surface area (TPSA) is 54.0 Å². The molecule has 2 aromatic carbocycles. The normalized spacial score (nSPS) is 10.5. The number of benzene rings is 2. The van der Waals surface area contributed by atoms with E-state index in [1.165, 1.54) is 24.5 Å². The maximum atomic E-state index is 13.7. The highest BCUT2D eigenvalue weighted by atomic mass is 35.5. The predicted octanol–water partition coefficient (Wildman–Crippen LogP) is 5.66. The predicted molar refractivity (Wildman–Crippen MR) is 98.3 cm³/mol. The molecule has 132 valence electrons. The van der Waals surface area contributed by atoms with Crippen molar-refractivity contribution in [2.75, 3.05) is 10.6 Å². The van der Waals surface area contributed by atoms with Crippen molar-refractivity contribution in [2.24, 2.45) is 0 Å². The van der Waals surface area contributed by atoms with Gasteiger partial charge in [0.2, 0.25) is 0 Å². The van der Waals surface area contributed by atoms with Crippen LogP contribution in [0.5, 0.6) is 0 Å². The lowest BCUT2D eigenvalue weighted by molar-refractivity contribution is 0.102. The van der Waals surface area contributed by atoms with Gasteiger partial charge < -0.3 is 10.6 Å². The molecule has 0 fully saturated rings. The second kappa shape index (κ2) is 7.68. The number of amides is 1. The molecule has 0 aliphatic rings. The van der Waals surface area contributed by atoms with Crippen LogP contribution in [0.25, 0.3) is 0 Å². The Hall–Kier alpha value is -2.70. The van der Waals surface area contributed by atoms with Gasteiger partial charge in [-0.15, -0.1) is 0 Å². The zero-order chi connectivity index (χ0) is 18.7. The summed E-state index contributed by atoms with van der Waals surface area (Å²) in [6, 6.07) is 9.69. The van der Waals surface area contributed by atoms with Gasteiger partial charge in [-0.05, 0) is 36.4 Å². The van der Waals surface area contributed by atoms with E-state index in [-0.39, 0.29) is 5.56 Å². The van der Waals surface area contributed by atoms with E-state index < -0.39 is 23.2 Å². The molecule has 0 bridgehead atoms. The number of carbonyl (C=O) groups excluding carboxylic acids is 1. The average Bonchev–Trinajstić information content (AvgIpc) is 2.61. The van der Waals surface area contributed by atoms with E-state index in [0.29, 0.717) is 21.4 Å². The molecule has 0 unspecified atom stereocenters. The first kappa shape index (κ1) is 18.1. The minimum Gasteiger partial charge on any atom is -0.353 e. The number of nitrogens with zero attached hydrogens (tertiary/aromatic N) is 1. The molecule has 4 nitrogen and oxygen atoms in total. The van der Waals surface area contributed by atoms with Crippen LogP contribution in [0.4, 0.5) is 25.8 Å². The lowest BCUT2D eigenvalue weighted by Gasteiger charge is -2.11. The van der Waals surface area contributed by atoms with Crippen molar-refractivity contribution in [2.45, 2.75) is 0 Å². The fourth-order valence-corrected chi connectivity index (χ4v) is 2.64. The molecule has 0 aliphatic heterocycles. The van der Waals surface area contributed by atoms with Crippen molar-refractivity contribution in [1.29, 1.82) is 0 Å². The molecule has 2 N–H and O–H groups in total. The number of anilines is 3. The Labute approximate surface area is 157 Å². The van der Waals surface area contributed by atoms with Gasteiger partial charge in [0.05, 0.1) is 28.2 Å². The molecule has 0 radical (unpaired) electrons. The standard InChI is InChI=1S/C18H11Cl2F2N3O/c19-11-4-5-16(13(20)7-11)24-12-6-10(8-23-9-12)18(26)25-17-14(21)2-1-3-15(17)22/h1-9,24H,(H,25,26). The molecule has 8 heteroatoms. The highest BCUT2D eigenvalue weighted by Crippen LogP contribution is 2.28. The van der Waals surface area contributed by atoms with Crippen molar-refractivity contribution >= 4 is 46.2 Å². The molecule has 0 atom stereocenters. The Morgan fingerprint density at radius 3 is 2.42 bits per heavy atom. The lowest BCUT2D eigenvalue weighted by atomic mass is 10.2. The zero-order valence-electron chi connectivity index (χ0n) is 13.1. The quantitative estimate of drug-likeness (QED) is 0.600. The van der Waals surface area contributed by atoms with Gasteiger partial charge in [0.1, 0.15) is 17.3 Å². The van der Waals surface area contributed by atoms with E-state index in [0.717, 1.165) is 12.1 Å². The van der Waals surface area contributed by atoms with E-state index in [9.17, 15) is 13.6 Å². The van der Waals surface area contributed by atoms with Gasteiger partial charge in [-0.2, -0.15) is 0 Å². The Bertz CT molecular complexity index is 962. The fourth-order valence-electron chi connectivity index (χ4n) is 2.18. The van der Waals surface area contributed by atoms with Crippen LogP contribution in [0.15, 0.2) is 54.9 Å². The van der Waals surface area contributed by atoms with Crippen LogP contribution < -0.4 is 10.6 Å². The number of halogens is 4. The lowest BCUT2D eigenvalue weighted by Crippen LogP contribution is -2.14. The third-order valence-corrected chi connectivity index (χ3v) is 3.96. The monoisotopic (exact) mass is 393 g/mol. The Kier molecular flexibility index (Phi) is 5.35. The third-order valence-electron chi connectivity index (χ3n) is 3.41. The van der Waals surface area contributed by atoms with Crippen molar-refractivity contribution in [3.05, 3.63) is 82.1 Å². The number of nitrogens with one attached hydrogen (secondary N) is 2. The van der Waals surface area contributed by atoms with Crippen molar-refractivity contribution in [3.8, 4) is 0 Å². The molecule has 3 rings (SSSR count). The molecule has 1 aromatic heterocycles. The zero-order valence-corrected chi connectivity index (χ0v) is 14.6. The number of aromatic nitrogens is 1. The van der Waals surface area contributed by atoms with Crippen molar-refractivity contribution < 1.29 is 13.6 Å². The van der Waals surface area contributed by atoms with Crippen molar-refractivity contribution in [1.82, 2.24) is 4.98 Å². The van der Waals surface area contributed by atoms with Crippen LogP contribution in [0.3, 0.4) is 0 Å². The second-order valence-electron chi connectivity index (χ2n) is 5.26. The van der Waals surface area contributed by atoms with E-state index in [4.69, 9.17) is 23.2 Å². The number of pyridine rings is 1. The largest absolute Gasteiger partial charge is 0.353 e. The highest BCUT2D eigenvalue weighted by Gasteiger charge is 2.14. The summed E-state index contributed by atoms with van der Waals surface area (Å²) in [6.07, 6.45) is 2.76. The first-order valence-electron chi connectivity index (χ1n) is 7.36. The highest BCUT2D eigenvalue weighted by molar-refractivity contribution is 6.36. The summed E-state index contributed by atoms with van der Waals surface area (Å²) in [6.45, 7) is 0. The van der Waals surface area contributed by atoms with Crippen LogP contribution in [0.1, 0.15) is 10.4 Å². The summed E-state index contributed by atoms with van der Waals surface area (Å²) in [5.41, 5.74) is 0.630. The summed E-state index contributed by atoms with van der Waals surface area (Å²) in [5, 5.41) is 6.08. The van der Waals surface area contributed by atoms with Crippen LogP contribution in [0.2, 0.25) is 10.0 Å². The van der Waals surface area contributed by atoms with E-state index >= 15 is 0 Å². The average molecular weight is 394 g/mol. The van der Waals surface area contributed by atoms with Gasteiger partial charge >= 0.3 is 0 Å². The minimum atomic E-state index is -0.867. The number of rotatable bonds is 4. The van der Waals surface area contributed by atoms with Gasteiger partial charge in [0.15, 0.2) is 0 Å². The number of carbonyl (C=O) groups is 1. The maximum absolute atomic E-state index is 13.7. The van der Waals surface area contributed by atoms with Crippen LogP contribution >= 0.6 is 23.2 Å². The van der Waals surface area contributed by atoms with Gasteiger partial charge in [0.25, 0.3) is 5.91 Å². The smallest absolute Gasteiger partial charge is 0.257 e. The van der Waals surface area contributed by atoms with Crippen LogP contribution in [-0.4, -0.2) is 10.9 Å². The second-order valence-corrected chi connectivity index (χ2v) is 6.11. The van der Waals surface area contributed by atoms with Gasteiger partial charge in [-0.25, -0.2) is 8.78 Å². The molecular formula is C18H11Cl2F2N3O. The molecule has 0 saturated carbocycles. The molecule has 1 amide bonds. The molecule has 1 heterocycles. The first-order chi connectivity index (χ1) is 12.4. The maximum Gasteiger partial charge on any atom is 0.257 e. The summed E-state index contributed by atoms with van der Waals surface area (Å²) in [5.74, 6) is -2.44. The van der Waals surface area contributed by atoms with Gasteiger partial charge in [-0.1, -0.05) is 29.3 Å². The molecule has 0 saturated heterocycles. The fraction of sp³-hybridized carbons (Fsp3) is 0. The summed E-state index contributed by atoms with van der Waals surface area (Å²) in [7, 11) is 0. The molecule has 0 spiro atoms. The van der Waals surface area contributed by atoms with Crippen molar-refractivity contribution in [3.63, 3.8) is 0 Å². The summed E-state index contributed by atoms with van der Waals surface area (Å²) in [4.78, 5) is 16.2. The number of hydrogen-bond acceptors (Lipinski definition) is 3. The minimum absolute atomic E-state index is 0.114. The summed E-state index contributed by atoms with van der Waals surface area (Å²) < 4.78 is 27.3. The third kappa shape index (κ3) is 4.09. The Balaban J connectivity index is 1.81. The van der Waals surface area contributed by atoms with Gasteiger partial charge in [0, 0.05) is 11.2 Å². The van der Waals surface area contributed by atoms with E-state index in [1.54, 1.807) is 18.2 Å². The Morgan fingerprint density at radius 2 is 1.73 bits per heavy atom. The molecule has 26 heavy (non-hydrogen) atoms. The van der Waals surface area contributed by atoms with Gasteiger partial charge in [-0.3, -0.25) is 9.78 Å². The molecule has 3 aromatic rings. The number of hydrogen-bond donors (Lipinski definition) is 2. The molecular weight excluding hydrogens is 383 g/mol. The van der Waals surface area contributed by atoms with Crippen LogP contribution in [0, 0.1) is 11.6 Å². The first-order valence-corrected chi connectivity index (χ1v) is 8.12. The van der Waals surface area contributed by atoms with E-state index in [2.05, 4.69) is 15.6 Å².